The number of amides is 2. The first-order valence-electron chi connectivity index (χ1n) is 8.71. The van der Waals surface area contributed by atoms with Crippen LogP contribution in [0.5, 0.6) is 5.75 Å². The highest BCUT2D eigenvalue weighted by molar-refractivity contribution is 9.10. The lowest BCUT2D eigenvalue weighted by Gasteiger charge is -2.16. The second-order valence-corrected chi connectivity index (χ2v) is 7.37. The standard InChI is InChI=1S/C20H20BrFN2O3/c1-12(27-18-8-7-15(22)10-17(18)21)19(25)23-11-13-3-2-4-16(9-13)24-20(26)14-5-6-14/h2-4,7-10,12,14H,5-6,11H2,1H3,(H,23,25)(H,24,26). The molecule has 0 saturated heterocycles. The summed E-state index contributed by atoms with van der Waals surface area (Å²) in [4.78, 5) is 24.1. The van der Waals surface area contributed by atoms with Gasteiger partial charge in [-0.3, -0.25) is 9.59 Å². The Balaban J connectivity index is 1.52. The van der Waals surface area contributed by atoms with E-state index >= 15 is 0 Å². The van der Waals surface area contributed by atoms with Crippen LogP contribution in [0.4, 0.5) is 10.1 Å². The first-order chi connectivity index (χ1) is 12.9. The average Bonchev–Trinajstić information content (AvgIpc) is 3.47. The van der Waals surface area contributed by atoms with Crippen LogP contribution >= 0.6 is 15.9 Å². The topological polar surface area (TPSA) is 67.4 Å². The highest BCUT2D eigenvalue weighted by Crippen LogP contribution is 2.30. The van der Waals surface area contributed by atoms with Crippen molar-refractivity contribution in [2.24, 2.45) is 5.92 Å². The second kappa shape index (κ2) is 8.52. The third kappa shape index (κ3) is 5.53. The van der Waals surface area contributed by atoms with Crippen LogP contribution in [0, 0.1) is 11.7 Å². The number of hydrogen-bond donors (Lipinski definition) is 2. The Labute approximate surface area is 165 Å². The molecule has 1 unspecified atom stereocenters. The minimum Gasteiger partial charge on any atom is -0.480 e. The lowest BCUT2D eigenvalue weighted by molar-refractivity contribution is -0.127. The van der Waals surface area contributed by atoms with Gasteiger partial charge in [-0.05, 0) is 71.6 Å². The van der Waals surface area contributed by atoms with Crippen LogP contribution in [0.1, 0.15) is 25.3 Å². The molecule has 1 saturated carbocycles. The Morgan fingerprint density at radius 3 is 2.74 bits per heavy atom. The number of anilines is 1. The normalized spacial score (nSPS) is 14.3. The molecule has 0 spiro atoms. The molecule has 0 aliphatic heterocycles. The molecule has 0 aromatic heterocycles. The molecule has 1 aliphatic rings. The Morgan fingerprint density at radius 2 is 2.04 bits per heavy atom. The first kappa shape index (κ1) is 19.4. The fraction of sp³-hybridized carbons (Fsp3) is 0.300. The molecule has 2 aromatic rings. The van der Waals surface area contributed by atoms with Crippen molar-refractivity contribution < 1.29 is 18.7 Å². The molecule has 0 heterocycles. The van der Waals surface area contributed by atoms with Gasteiger partial charge in [-0.2, -0.15) is 0 Å². The molecule has 142 valence electrons. The fourth-order valence-electron chi connectivity index (χ4n) is 2.50. The number of carbonyl (C=O) groups is 2. The molecular formula is C20H20BrFN2O3. The SMILES string of the molecule is CC(Oc1ccc(F)cc1Br)C(=O)NCc1cccc(NC(=O)C2CC2)c1. The maximum atomic E-state index is 13.1. The Kier molecular flexibility index (Phi) is 6.11. The largest absolute Gasteiger partial charge is 0.480 e. The van der Waals surface area contributed by atoms with E-state index in [0.717, 1.165) is 24.1 Å². The lowest BCUT2D eigenvalue weighted by atomic mass is 10.2. The van der Waals surface area contributed by atoms with Gasteiger partial charge in [0.1, 0.15) is 11.6 Å². The van der Waals surface area contributed by atoms with Crippen molar-refractivity contribution in [3.05, 3.63) is 58.3 Å². The van der Waals surface area contributed by atoms with E-state index in [4.69, 9.17) is 4.74 Å². The zero-order valence-electron chi connectivity index (χ0n) is 14.8. The summed E-state index contributed by atoms with van der Waals surface area (Å²) in [6, 6.07) is 11.4. The van der Waals surface area contributed by atoms with E-state index in [1.54, 1.807) is 6.92 Å². The Hall–Kier alpha value is -2.41. The molecule has 2 aromatic carbocycles. The van der Waals surface area contributed by atoms with Gasteiger partial charge in [-0.15, -0.1) is 0 Å². The number of rotatable bonds is 7. The number of halogens is 2. The van der Waals surface area contributed by atoms with Crippen molar-refractivity contribution in [3.8, 4) is 5.75 Å². The molecule has 0 radical (unpaired) electrons. The quantitative estimate of drug-likeness (QED) is 0.691. The lowest BCUT2D eigenvalue weighted by Crippen LogP contribution is -2.36. The van der Waals surface area contributed by atoms with Gasteiger partial charge in [0.15, 0.2) is 6.10 Å². The van der Waals surface area contributed by atoms with Gasteiger partial charge in [-0.1, -0.05) is 12.1 Å². The van der Waals surface area contributed by atoms with Crippen LogP contribution in [-0.2, 0) is 16.1 Å². The maximum Gasteiger partial charge on any atom is 0.261 e. The summed E-state index contributed by atoms with van der Waals surface area (Å²) in [6.07, 6.45) is 1.15. The van der Waals surface area contributed by atoms with E-state index in [0.29, 0.717) is 16.8 Å². The zero-order valence-corrected chi connectivity index (χ0v) is 16.4. The molecule has 2 amide bonds. The predicted molar refractivity (Wildman–Crippen MR) is 104 cm³/mol. The summed E-state index contributed by atoms with van der Waals surface area (Å²) in [5.41, 5.74) is 1.59. The summed E-state index contributed by atoms with van der Waals surface area (Å²) in [5.74, 6) is -0.109. The van der Waals surface area contributed by atoms with Crippen LogP contribution in [0.3, 0.4) is 0 Å². The van der Waals surface area contributed by atoms with Gasteiger partial charge in [0, 0.05) is 18.2 Å². The Bertz CT molecular complexity index is 855. The summed E-state index contributed by atoms with van der Waals surface area (Å²) in [6.45, 7) is 1.93. The molecule has 3 rings (SSSR count). The molecule has 27 heavy (non-hydrogen) atoms. The smallest absolute Gasteiger partial charge is 0.261 e. The van der Waals surface area contributed by atoms with Gasteiger partial charge in [0.05, 0.1) is 4.47 Å². The van der Waals surface area contributed by atoms with Gasteiger partial charge in [0.2, 0.25) is 5.91 Å². The number of ether oxygens (including phenoxy) is 1. The number of carbonyl (C=O) groups excluding carboxylic acids is 2. The average molecular weight is 435 g/mol. The van der Waals surface area contributed by atoms with Gasteiger partial charge in [-0.25, -0.2) is 4.39 Å². The highest BCUT2D eigenvalue weighted by Gasteiger charge is 2.29. The van der Waals surface area contributed by atoms with Gasteiger partial charge in [0.25, 0.3) is 5.91 Å². The van der Waals surface area contributed by atoms with Gasteiger partial charge >= 0.3 is 0 Å². The van der Waals surface area contributed by atoms with Crippen molar-refractivity contribution in [1.82, 2.24) is 5.32 Å². The minimum absolute atomic E-state index is 0.0445. The molecule has 5 nitrogen and oxygen atoms in total. The van der Waals surface area contributed by atoms with E-state index in [1.165, 1.54) is 18.2 Å². The molecule has 1 aliphatic carbocycles. The fourth-order valence-corrected chi connectivity index (χ4v) is 2.94. The van der Waals surface area contributed by atoms with E-state index < -0.39 is 6.10 Å². The molecule has 0 bridgehead atoms. The third-order valence-corrected chi connectivity index (χ3v) is 4.80. The summed E-state index contributed by atoms with van der Waals surface area (Å²) >= 11 is 3.21. The summed E-state index contributed by atoms with van der Waals surface area (Å²) in [5, 5.41) is 5.69. The van der Waals surface area contributed by atoms with Crippen LogP contribution in [-0.4, -0.2) is 17.9 Å². The second-order valence-electron chi connectivity index (χ2n) is 6.52. The number of hydrogen-bond acceptors (Lipinski definition) is 3. The molecule has 7 heteroatoms. The van der Waals surface area contributed by atoms with Crippen LogP contribution in [0.2, 0.25) is 0 Å². The van der Waals surface area contributed by atoms with E-state index in [9.17, 15) is 14.0 Å². The highest BCUT2D eigenvalue weighted by atomic mass is 79.9. The van der Waals surface area contributed by atoms with E-state index in [2.05, 4.69) is 26.6 Å². The monoisotopic (exact) mass is 434 g/mol. The number of nitrogens with one attached hydrogen (secondary N) is 2. The molecule has 2 N–H and O–H groups in total. The molecule has 1 atom stereocenters. The minimum atomic E-state index is -0.746. The van der Waals surface area contributed by atoms with Crippen molar-refractivity contribution >= 4 is 33.4 Å². The Morgan fingerprint density at radius 1 is 1.26 bits per heavy atom. The van der Waals surface area contributed by atoms with Gasteiger partial charge < -0.3 is 15.4 Å². The summed E-state index contributed by atoms with van der Waals surface area (Å²) in [7, 11) is 0. The molecular weight excluding hydrogens is 415 g/mol. The van der Waals surface area contributed by atoms with Crippen LogP contribution in [0.25, 0.3) is 0 Å². The van der Waals surface area contributed by atoms with Crippen molar-refractivity contribution in [2.45, 2.75) is 32.4 Å². The van der Waals surface area contributed by atoms with E-state index in [-0.39, 0.29) is 23.5 Å². The van der Waals surface area contributed by atoms with Crippen LogP contribution < -0.4 is 15.4 Å². The molecule has 1 fully saturated rings. The summed E-state index contributed by atoms with van der Waals surface area (Å²) < 4.78 is 19.1. The zero-order chi connectivity index (χ0) is 19.4. The van der Waals surface area contributed by atoms with Crippen LogP contribution in [0.15, 0.2) is 46.9 Å². The van der Waals surface area contributed by atoms with E-state index in [1.807, 2.05) is 24.3 Å². The number of benzene rings is 2. The van der Waals surface area contributed by atoms with Crippen molar-refractivity contribution in [3.63, 3.8) is 0 Å². The third-order valence-electron chi connectivity index (χ3n) is 4.18. The maximum absolute atomic E-state index is 13.1. The predicted octanol–water partition coefficient (Wildman–Crippen LogP) is 4.02. The first-order valence-corrected chi connectivity index (χ1v) is 9.51. The van der Waals surface area contributed by atoms with Crippen molar-refractivity contribution in [2.75, 3.05) is 5.32 Å². The van der Waals surface area contributed by atoms with Crippen molar-refractivity contribution in [1.29, 1.82) is 0 Å².